The van der Waals surface area contributed by atoms with Crippen molar-refractivity contribution in [2.24, 2.45) is 0 Å². The van der Waals surface area contributed by atoms with Gasteiger partial charge in [0, 0.05) is 50.5 Å². The average Bonchev–Trinajstić information content (AvgIpc) is 3.07. The molecule has 33 heavy (non-hydrogen) atoms. The molecule has 1 amide bonds. The lowest BCUT2D eigenvalue weighted by molar-refractivity contribution is -0.133. The molecule has 0 N–H and O–H groups in total. The van der Waals surface area contributed by atoms with Gasteiger partial charge in [0.2, 0.25) is 5.76 Å². The molecule has 3 heterocycles. The van der Waals surface area contributed by atoms with Gasteiger partial charge in [-0.1, -0.05) is 24.3 Å². The Morgan fingerprint density at radius 2 is 1.67 bits per heavy atom. The molecule has 0 bridgehead atoms. The Bertz CT molecular complexity index is 1020. The Morgan fingerprint density at radius 3 is 2.45 bits per heavy atom. The SMILES string of the molecule is CC1=C(C(=O)N2CCOc3ccc(CN4CCN(c5ccccc5)CC4)cc3C2)OCCO1. The lowest BCUT2D eigenvalue weighted by Crippen LogP contribution is -2.45. The lowest BCUT2D eigenvalue weighted by Gasteiger charge is -2.36. The highest BCUT2D eigenvalue weighted by atomic mass is 16.6. The number of carbonyl (C=O) groups excluding carboxylic acids is 1. The summed E-state index contributed by atoms with van der Waals surface area (Å²) in [6.45, 7) is 9.15. The molecule has 174 valence electrons. The number of ether oxygens (including phenoxy) is 3. The molecule has 0 radical (unpaired) electrons. The first kappa shape index (κ1) is 21.6. The van der Waals surface area contributed by atoms with Crippen molar-refractivity contribution in [2.75, 3.05) is 57.4 Å². The van der Waals surface area contributed by atoms with Crippen molar-refractivity contribution in [3.63, 3.8) is 0 Å². The second-order valence-corrected chi connectivity index (χ2v) is 8.70. The van der Waals surface area contributed by atoms with Crippen LogP contribution < -0.4 is 9.64 Å². The summed E-state index contributed by atoms with van der Waals surface area (Å²) in [6.07, 6.45) is 0. The highest BCUT2D eigenvalue weighted by Gasteiger charge is 2.28. The lowest BCUT2D eigenvalue weighted by atomic mass is 10.1. The fourth-order valence-electron chi connectivity index (χ4n) is 4.64. The summed E-state index contributed by atoms with van der Waals surface area (Å²) < 4.78 is 17.1. The minimum Gasteiger partial charge on any atom is -0.491 e. The van der Waals surface area contributed by atoms with Crippen molar-refractivity contribution >= 4 is 11.6 Å². The van der Waals surface area contributed by atoms with E-state index in [9.17, 15) is 4.79 Å². The molecule has 0 spiro atoms. The minimum absolute atomic E-state index is 0.133. The first-order valence-corrected chi connectivity index (χ1v) is 11.7. The molecular weight excluding hydrogens is 418 g/mol. The molecular formula is C26H31N3O4. The molecule has 1 saturated heterocycles. The Kier molecular flexibility index (Phi) is 6.39. The van der Waals surface area contributed by atoms with Crippen LogP contribution in [-0.4, -0.2) is 68.3 Å². The number of nitrogens with zero attached hydrogens (tertiary/aromatic N) is 3. The van der Waals surface area contributed by atoms with Crippen molar-refractivity contribution in [1.82, 2.24) is 9.80 Å². The third-order valence-electron chi connectivity index (χ3n) is 6.45. The van der Waals surface area contributed by atoms with Crippen LogP contribution in [0.3, 0.4) is 0 Å². The molecule has 7 nitrogen and oxygen atoms in total. The largest absolute Gasteiger partial charge is 0.491 e. The van der Waals surface area contributed by atoms with Gasteiger partial charge < -0.3 is 24.0 Å². The normalized spacial score (nSPS) is 19.2. The summed E-state index contributed by atoms with van der Waals surface area (Å²) in [6, 6.07) is 17.0. The smallest absolute Gasteiger partial charge is 0.292 e. The Hall–Kier alpha value is -3.19. The number of amides is 1. The molecule has 0 unspecified atom stereocenters. The molecule has 1 fully saturated rings. The molecule has 0 aromatic heterocycles. The van der Waals surface area contributed by atoms with Gasteiger partial charge >= 0.3 is 0 Å². The Labute approximate surface area is 195 Å². The second-order valence-electron chi connectivity index (χ2n) is 8.70. The fraction of sp³-hybridized carbons (Fsp3) is 0.423. The Balaban J connectivity index is 1.24. The van der Waals surface area contributed by atoms with Gasteiger partial charge in [0.25, 0.3) is 5.91 Å². The fourth-order valence-corrected chi connectivity index (χ4v) is 4.64. The van der Waals surface area contributed by atoms with E-state index >= 15 is 0 Å². The maximum absolute atomic E-state index is 13.1. The maximum atomic E-state index is 13.1. The van der Waals surface area contributed by atoms with E-state index in [0.29, 0.717) is 44.4 Å². The van der Waals surface area contributed by atoms with Crippen LogP contribution in [-0.2, 0) is 27.4 Å². The first-order valence-electron chi connectivity index (χ1n) is 11.7. The van der Waals surface area contributed by atoms with Crippen LogP contribution >= 0.6 is 0 Å². The molecule has 2 aromatic rings. The number of fused-ring (bicyclic) bond motifs is 1. The van der Waals surface area contributed by atoms with E-state index in [2.05, 4.69) is 52.3 Å². The molecule has 0 saturated carbocycles. The van der Waals surface area contributed by atoms with Crippen LogP contribution in [0.25, 0.3) is 0 Å². The van der Waals surface area contributed by atoms with Crippen molar-refractivity contribution in [2.45, 2.75) is 20.0 Å². The number of benzene rings is 2. The third-order valence-corrected chi connectivity index (χ3v) is 6.45. The number of piperazine rings is 1. The maximum Gasteiger partial charge on any atom is 0.292 e. The molecule has 3 aliphatic heterocycles. The summed E-state index contributed by atoms with van der Waals surface area (Å²) in [7, 11) is 0. The highest BCUT2D eigenvalue weighted by Crippen LogP contribution is 2.27. The van der Waals surface area contributed by atoms with Gasteiger partial charge in [-0.2, -0.15) is 0 Å². The topological polar surface area (TPSA) is 54.5 Å². The molecule has 2 aromatic carbocycles. The quantitative estimate of drug-likeness (QED) is 0.715. The second kappa shape index (κ2) is 9.75. The van der Waals surface area contributed by atoms with Crippen molar-refractivity contribution in [3.05, 3.63) is 71.2 Å². The summed E-state index contributed by atoms with van der Waals surface area (Å²) in [5.74, 6) is 1.60. The standard InChI is InChI=1S/C26H31N3O4/c1-20-25(33-16-15-31-20)26(30)29-13-14-32-24-8-7-21(17-22(24)19-29)18-27-9-11-28(12-10-27)23-5-3-2-4-6-23/h2-8,17H,9-16,18-19H2,1H3. The van der Waals surface area contributed by atoms with E-state index in [0.717, 1.165) is 44.0 Å². The summed E-state index contributed by atoms with van der Waals surface area (Å²) >= 11 is 0. The molecule has 0 aliphatic carbocycles. The van der Waals surface area contributed by atoms with E-state index in [1.165, 1.54) is 11.3 Å². The van der Waals surface area contributed by atoms with E-state index in [4.69, 9.17) is 14.2 Å². The number of hydrogen-bond acceptors (Lipinski definition) is 6. The zero-order valence-corrected chi connectivity index (χ0v) is 19.2. The zero-order chi connectivity index (χ0) is 22.6. The first-order chi connectivity index (χ1) is 16.2. The van der Waals surface area contributed by atoms with Crippen molar-refractivity contribution < 1.29 is 19.0 Å². The van der Waals surface area contributed by atoms with Gasteiger partial charge in [-0.25, -0.2) is 0 Å². The number of para-hydroxylation sites is 1. The Morgan fingerprint density at radius 1 is 0.879 bits per heavy atom. The van der Waals surface area contributed by atoms with Gasteiger partial charge in [-0.3, -0.25) is 9.69 Å². The van der Waals surface area contributed by atoms with E-state index < -0.39 is 0 Å². The zero-order valence-electron chi connectivity index (χ0n) is 19.2. The third kappa shape index (κ3) is 4.93. The van der Waals surface area contributed by atoms with Crippen LogP contribution in [0.5, 0.6) is 5.75 Å². The molecule has 7 heteroatoms. The van der Waals surface area contributed by atoms with Gasteiger partial charge in [-0.15, -0.1) is 0 Å². The number of rotatable bonds is 4. The van der Waals surface area contributed by atoms with Gasteiger partial charge in [-0.05, 0) is 36.8 Å². The van der Waals surface area contributed by atoms with E-state index in [1.807, 2.05) is 6.07 Å². The highest BCUT2D eigenvalue weighted by molar-refractivity contribution is 5.92. The molecule has 5 rings (SSSR count). The van der Waals surface area contributed by atoms with Crippen LogP contribution in [0.15, 0.2) is 60.0 Å². The summed E-state index contributed by atoms with van der Waals surface area (Å²) in [5, 5.41) is 0. The van der Waals surface area contributed by atoms with Crippen LogP contribution in [0.2, 0.25) is 0 Å². The number of anilines is 1. The molecule has 3 aliphatic rings. The van der Waals surface area contributed by atoms with Crippen LogP contribution in [0.4, 0.5) is 5.69 Å². The summed E-state index contributed by atoms with van der Waals surface area (Å²) in [4.78, 5) is 19.8. The van der Waals surface area contributed by atoms with Gasteiger partial charge in [0.15, 0.2) is 0 Å². The predicted molar refractivity (Wildman–Crippen MR) is 126 cm³/mol. The average molecular weight is 450 g/mol. The van der Waals surface area contributed by atoms with Crippen molar-refractivity contribution in [3.8, 4) is 5.75 Å². The predicted octanol–water partition coefficient (Wildman–Crippen LogP) is 3.01. The van der Waals surface area contributed by atoms with E-state index in [-0.39, 0.29) is 5.91 Å². The number of carbonyl (C=O) groups is 1. The van der Waals surface area contributed by atoms with Gasteiger partial charge in [0.05, 0.1) is 6.54 Å². The van der Waals surface area contributed by atoms with Gasteiger partial charge in [0.1, 0.15) is 31.3 Å². The summed E-state index contributed by atoms with van der Waals surface area (Å²) in [5.41, 5.74) is 3.57. The molecule has 0 atom stereocenters. The van der Waals surface area contributed by atoms with Crippen molar-refractivity contribution in [1.29, 1.82) is 0 Å². The monoisotopic (exact) mass is 449 g/mol. The number of hydrogen-bond donors (Lipinski definition) is 0. The van der Waals surface area contributed by atoms with Crippen LogP contribution in [0.1, 0.15) is 18.1 Å². The number of allylic oxidation sites excluding steroid dienone is 1. The minimum atomic E-state index is -0.133. The van der Waals surface area contributed by atoms with Crippen LogP contribution in [0, 0.1) is 0 Å². The van der Waals surface area contributed by atoms with E-state index in [1.54, 1.807) is 11.8 Å².